The molecule has 1 rings (SSSR count). The second-order valence-corrected chi connectivity index (χ2v) is 4.84. The summed E-state index contributed by atoms with van der Waals surface area (Å²) < 4.78 is 5.25. The number of nitrogens with one attached hydrogen (secondary N) is 2. The Hall–Kier alpha value is -1.73. The van der Waals surface area contributed by atoms with Gasteiger partial charge in [0.2, 0.25) is 5.91 Å². The first kappa shape index (κ1) is 15.3. The van der Waals surface area contributed by atoms with Gasteiger partial charge in [-0.1, -0.05) is 12.2 Å². The van der Waals surface area contributed by atoms with Crippen LogP contribution in [0.15, 0.2) is 17.5 Å². The van der Waals surface area contributed by atoms with Crippen LogP contribution in [0.25, 0.3) is 0 Å². The van der Waals surface area contributed by atoms with Crippen molar-refractivity contribution in [2.45, 2.75) is 13.8 Å². The van der Waals surface area contributed by atoms with E-state index in [9.17, 15) is 9.59 Å². The fourth-order valence-electron chi connectivity index (χ4n) is 1.16. The number of hydrogen-bond acceptors (Lipinski definition) is 5. The normalized spacial score (nSPS) is 10.0. The Kier molecular flexibility index (Phi) is 6.17. The Labute approximate surface area is 115 Å². The van der Waals surface area contributed by atoms with Crippen molar-refractivity contribution >= 4 is 28.3 Å². The predicted octanol–water partition coefficient (Wildman–Crippen LogP) is 1.42. The SMILES string of the molecule is C=C(C)COCCNC(=O)c1csc(NC(C)=O)n1. The number of anilines is 1. The molecule has 0 aliphatic carbocycles. The summed E-state index contributed by atoms with van der Waals surface area (Å²) in [6.45, 7) is 8.27. The Morgan fingerprint density at radius 1 is 1.47 bits per heavy atom. The molecular weight excluding hydrogens is 266 g/mol. The van der Waals surface area contributed by atoms with Gasteiger partial charge < -0.3 is 15.4 Å². The molecule has 0 saturated carbocycles. The third-order valence-electron chi connectivity index (χ3n) is 1.90. The molecule has 2 N–H and O–H groups in total. The summed E-state index contributed by atoms with van der Waals surface area (Å²) in [5, 5.41) is 7.21. The zero-order chi connectivity index (χ0) is 14.3. The Balaban J connectivity index is 2.31. The van der Waals surface area contributed by atoms with Gasteiger partial charge in [-0.15, -0.1) is 11.3 Å². The van der Waals surface area contributed by atoms with Crippen LogP contribution in [0.1, 0.15) is 24.3 Å². The first-order valence-corrected chi connectivity index (χ1v) is 6.60. The predicted molar refractivity (Wildman–Crippen MR) is 74.4 cm³/mol. The summed E-state index contributed by atoms with van der Waals surface area (Å²) >= 11 is 1.21. The van der Waals surface area contributed by atoms with Gasteiger partial charge in [0.15, 0.2) is 5.13 Å². The zero-order valence-electron chi connectivity index (χ0n) is 11.0. The monoisotopic (exact) mass is 283 g/mol. The number of aromatic nitrogens is 1. The maximum absolute atomic E-state index is 11.7. The summed E-state index contributed by atoms with van der Waals surface area (Å²) in [5.41, 5.74) is 1.22. The topological polar surface area (TPSA) is 80.3 Å². The lowest BCUT2D eigenvalue weighted by Crippen LogP contribution is -2.27. The number of hydrogen-bond donors (Lipinski definition) is 2. The van der Waals surface area contributed by atoms with Crippen LogP contribution < -0.4 is 10.6 Å². The third-order valence-corrected chi connectivity index (χ3v) is 2.66. The van der Waals surface area contributed by atoms with Crippen LogP contribution in [0.4, 0.5) is 5.13 Å². The number of carbonyl (C=O) groups excluding carboxylic acids is 2. The van der Waals surface area contributed by atoms with Crippen molar-refractivity contribution in [3.63, 3.8) is 0 Å². The number of rotatable bonds is 7. The standard InChI is InChI=1S/C12H17N3O3S/c1-8(2)6-18-5-4-13-11(17)10-7-19-12(15-10)14-9(3)16/h7H,1,4-6H2,2-3H3,(H,13,17)(H,14,15,16). The van der Waals surface area contributed by atoms with E-state index in [2.05, 4.69) is 22.2 Å². The lowest BCUT2D eigenvalue weighted by Gasteiger charge is -2.04. The van der Waals surface area contributed by atoms with E-state index in [1.165, 1.54) is 18.3 Å². The molecule has 0 saturated heterocycles. The van der Waals surface area contributed by atoms with Gasteiger partial charge in [0.25, 0.3) is 5.91 Å². The summed E-state index contributed by atoms with van der Waals surface area (Å²) in [5.74, 6) is -0.499. The molecule has 7 heteroatoms. The number of thiazole rings is 1. The summed E-state index contributed by atoms with van der Waals surface area (Å²) in [7, 11) is 0. The van der Waals surface area contributed by atoms with Crippen LogP contribution in [-0.2, 0) is 9.53 Å². The van der Waals surface area contributed by atoms with Gasteiger partial charge in [-0.3, -0.25) is 9.59 Å². The number of amides is 2. The molecule has 19 heavy (non-hydrogen) atoms. The van der Waals surface area contributed by atoms with Gasteiger partial charge in [0.05, 0.1) is 13.2 Å². The van der Waals surface area contributed by atoms with Crippen LogP contribution in [0.2, 0.25) is 0 Å². The highest BCUT2D eigenvalue weighted by atomic mass is 32.1. The molecule has 1 aromatic heterocycles. The van der Waals surface area contributed by atoms with Crippen molar-refractivity contribution < 1.29 is 14.3 Å². The molecule has 1 aromatic rings. The van der Waals surface area contributed by atoms with Gasteiger partial charge in [-0.25, -0.2) is 4.98 Å². The minimum absolute atomic E-state index is 0.213. The molecule has 2 amide bonds. The van der Waals surface area contributed by atoms with Crippen LogP contribution >= 0.6 is 11.3 Å². The molecule has 6 nitrogen and oxygen atoms in total. The lowest BCUT2D eigenvalue weighted by atomic mass is 10.4. The lowest BCUT2D eigenvalue weighted by molar-refractivity contribution is -0.114. The van der Waals surface area contributed by atoms with E-state index in [-0.39, 0.29) is 17.5 Å². The quantitative estimate of drug-likeness (QED) is 0.586. The average Bonchev–Trinajstić information content (AvgIpc) is 2.75. The number of nitrogens with zero attached hydrogens (tertiary/aromatic N) is 1. The highest BCUT2D eigenvalue weighted by molar-refractivity contribution is 7.14. The fraction of sp³-hybridized carbons (Fsp3) is 0.417. The van der Waals surface area contributed by atoms with Crippen molar-refractivity contribution in [1.29, 1.82) is 0 Å². The van der Waals surface area contributed by atoms with E-state index in [0.29, 0.717) is 24.9 Å². The van der Waals surface area contributed by atoms with E-state index in [0.717, 1.165) is 5.57 Å². The van der Waals surface area contributed by atoms with Crippen LogP contribution in [-0.4, -0.2) is 36.6 Å². The molecule has 0 fully saturated rings. The minimum atomic E-state index is -0.285. The summed E-state index contributed by atoms with van der Waals surface area (Å²) in [6.07, 6.45) is 0. The molecule has 104 valence electrons. The van der Waals surface area contributed by atoms with Crippen LogP contribution in [0.5, 0.6) is 0 Å². The maximum atomic E-state index is 11.7. The van der Waals surface area contributed by atoms with Gasteiger partial charge in [0, 0.05) is 18.8 Å². The number of carbonyl (C=O) groups is 2. The first-order chi connectivity index (χ1) is 8.99. The van der Waals surface area contributed by atoms with E-state index >= 15 is 0 Å². The first-order valence-electron chi connectivity index (χ1n) is 5.72. The minimum Gasteiger partial charge on any atom is -0.375 e. The molecule has 0 atom stereocenters. The van der Waals surface area contributed by atoms with Gasteiger partial charge in [-0.05, 0) is 6.92 Å². The molecular formula is C12H17N3O3S. The van der Waals surface area contributed by atoms with E-state index in [4.69, 9.17) is 4.74 Å². The highest BCUT2D eigenvalue weighted by Crippen LogP contribution is 2.14. The number of ether oxygens (including phenoxy) is 1. The van der Waals surface area contributed by atoms with E-state index in [1.807, 2.05) is 6.92 Å². The van der Waals surface area contributed by atoms with Crippen molar-refractivity contribution in [3.8, 4) is 0 Å². The Morgan fingerprint density at radius 2 is 2.21 bits per heavy atom. The molecule has 0 aliphatic rings. The van der Waals surface area contributed by atoms with Crippen molar-refractivity contribution in [3.05, 3.63) is 23.2 Å². The molecule has 0 aromatic carbocycles. The van der Waals surface area contributed by atoms with Gasteiger partial charge in [0.1, 0.15) is 5.69 Å². The largest absolute Gasteiger partial charge is 0.375 e. The molecule has 0 bridgehead atoms. The van der Waals surface area contributed by atoms with Gasteiger partial charge in [-0.2, -0.15) is 0 Å². The van der Waals surface area contributed by atoms with Gasteiger partial charge >= 0.3 is 0 Å². The molecule has 0 unspecified atom stereocenters. The van der Waals surface area contributed by atoms with E-state index < -0.39 is 0 Å². The Bertz CT molecular complexity index is 471. The van der Waals surface area contributed by atoms with E-state index in [1.54, 1.807) is 5.38 Å². The summed E-state index contributed by atoms with van der Waals surface area (Å²) in [4.78, 5) is 26.5. The van der Waals surface area contributed by atoms with Crippen LogP contribution in [0.3, 0.4) is 0 Å². The molecule has 0 aliphatic heterocycles. The second kappa shape index (κ2) is 7.65. The summed E-state index contributed by atoms with van der Waals surface area (Å²) in [6, 6.07) is 0. The molecule has 0 radical (unpaired) electrons. The average molecular weight is 283 g/mol. The fourth-order valence-corrected chi connectivity index (χ4v) is 1.90. The third kappa shape index (κ3) is 6.12. The highest BCUT2D eigenvalue weighted by Gasteiger charge is 2.10. The molecule has 0 spiro atoms. The van der Waals surface area contributed by atoms with Crippen molar-refractivity contribution in [1.82, 2.24) is 10.3 Å². The second-order valence-electron chi connectivity index (χ2n) is 3.98. The zero-order valence-corrected chi connectivity index (χ0v) is 11.8. The smallest absolute Gasteiger partial charge is 0.270 e. The van der Waals surface area contributed by atoms with Crippen molar-refractivity contribution in [2.24, 2.45) is 0 Å². The maximum Gasteiger partial charge on any atom is 0.270 e. The van der Waals surface area contributed by atoms with Crippen LogP contribution in [0, 0.1) is 0 Å². The molecule has 1 heterocycles. The Morgan fingerprint density at radius 3 is 2.84 bits per heavy atom. The van der Waals surface area contributed by atoms with Crippen molar-refractivity contribution in [2.75, 3.05) is 25.1 Å².